The van der Waals surface area contributed by atoms with Crippen molar-refractivity contribution in [1.82, 2.24) is 5.32 Å². The Balaban J connectivity index is 2.28. The van der Waals surface area contributed by atoms with Crippen LogP contribution in [0.1, 0.15) is 57.4 Å². The molecule has 2 N–H and O–H groups in total. The molecule has 0 aromatic heterocycles. The van der Waals surface area contributed by atoms with Crippen molar-refractivity contribution in [3.63, 3.8) is 0 Å². The lowest BCUT2D eigenvalue weighted by atomic mass is 10.1. The molecule has 0 saturated heterocycles. The van der Waals surface area contributed by atoms with Crippen molar-refractivity contribution in [1.29, 1.82) is 0 Å². The fourth-order valence-electron chi connectivity index (χ4n) is 2.27. The van der Waals surface area contributed by atoms with E-state index in [4.69, 9.17) is 0 Å². The molecule has 1 rings (SSSR count). The summed E-state index contributed by atoms with van der Waals surface area (Å²) in [4.78, 5) is 11.9. The van der Waals surface area contributed by atoms with Gasteiger partial charge in [-0.25, -0.2) is 0 Å². The van der Waals surface area contributed by atoms with Crippen LogP contribution in [0.5, 0.6) is 0 Å². The van der Waals surface area contributed by atoms with Crippen molar-refractivity contribution in [3.05, 3.63) is 29.8 Å². The molecule has 0 aliphatic heterocycles. The van der Waals surface area contributed by atoms with E-state index >= 15 is 0 Å². The van der Waals surface area contributed by atoms with E-state index < -0.39 is 0 Å². The molecule has 0 unspecified atom stereocenters. The second-order valence-electron chi connectivity index (χ2n) is 5.25. The van der Waals surface area contributed by atoms with Crippen molar-refractivity contribution < 1.29 is 4.79 Å². The average Bonchev–Trinajstić information content (AvgIpc) is 2.45. The molecule has 0 aliphatic carbocycles. The molecule has 0 bridgehead atoms. The maximum absolute atomic E-state index is 11.9. The van der Waals surface area contributed by atoms with Crippen LogP contribution in [-0.2, 0) is 11.3 Å². The summed E-state index contributed by atoms with van der Waals surface area (Å²) in [5, 5.41) is 6.14. The number of carbonyl (C=O) groups is 1. The van der Waals surface area contributed by atoms with Crippen LogP contribution in [0.4, 0.5) is 5.69 Å². The van der Waals surface area contributed by atoms with E-state index in [2.05, 4.69) is 17.6 Å². The number of carbonyl (C=O) groups excluding carboxylic acids is 1. The Labute approximate surface area is 123 Å². The fourth-order valence-corrected chi connectivity index (χ4v) is 2.27. The van der Waals surface area contributed by atoms with Crippen LogP contribution in [0.25, 0.3) is 0 Å². The molecule has 112 valence electrons. The lowest BCUT2D eigenvalue weighted by Crippen LogP contribution is -2.14. The minimum atomic E-state index is 0.129. The highest BCUT2D eigenvalue weighted by Crippen LogP contribution is 2.15. The molecule has 0 saturated carbocycles. The van der Waals surface area contributed by atoms with Gasteiger partial charge in [0.15, 0.2) is 0 Å². The summed E-state index contributed by atoms with van der Waals surface area (Å²) >= 11 is 0. The molecule has 1 amide bonds. The number of hydrogen-bond donors (Lipinski definition) is 2. The number of nitrogens with one attached hydrogen (secondary N) is 2. The van der Waals surface area contributed by atoms with Crippen LogP contribution >= 0.6 is 0 Å². The standard InChI is InChI=1S/C17H28N2O/c1-3-4-5-6-7-8-13-17(20)19-16-12-10-9-11-15(16)14-18-2/h9-12,18H,3-8,13-14H2,1-2H3,(H,19,20). The zero-order chi connectivity index (χ0) is 14.6. The first-order valence-electron chi connectivity index (χ1n) is 7.80. The number of rotatable bonds is 10. The molecule has 1 aromatic rings. The Hall–Kier alpha value is -1.35. The van der Waals surface area contributed by atoms with Gasteiger partial charge in [0.05, 0.1) is 0 Å². The molecule has 0 heterocycles. The predicted molar refractivity (Wildman–Crippen MR) is 85.8 cm³/mol. The van der Waals surface area contributed by atoms with Crippen LogP contribution in [0.3, 0.4) is 0 Å². The second-order valence-corrected chi connectivity index (χ2v) is 5.25. The highest BCUT2D eigenvalue weighted by atomic mass is 16.1. The Bertz CT molecular complexity index is 390. The molecule has 0 spiro atoms. The van der Waals surface area contributed by atoms with Gasteiger partial charge in [-0.1, -0.05) is 57.2 Å². The van der Waals surface area contributed by atoms with Gasteiger partial charge in [-0.2, -0.15) is 0 Å². The van der Waals surface area contributed by atoms with Gasteiger partial charge in [-0.05, 0) is 25.1 Å². The van der Waals surface area contributed by atoms with Gasteiger partial charge in [0, 0.05) is 18.7 Å². The third kappa shape index (κ3) is 6.71. The molecule has 0 radical (unpaired) electrons. The maximum atomic E-state index is 11.9. The third-order valence-corrected chi connectivity index (χ3v) is 3.42. The highest BCUT2D eigenvalue weighted by Gasteiger charge is 2.05. The van der Waals surface area contributed by atoms with Gasteiger partial charge in [-0.15, -0.1) is 0 Å². The normalized spacial score (nSPS) is 10.5. The van der Waals surface area contributed by atoms with E-state index in [9.17, 15) is 4.79 Å². The summed E-state index contributed by atoms with van der Waals surface area (Å²) < 4.78 is 0. The minimum Gasteiger partial charge on any atom is -0.326 e. The first kappa shape index (κ1) is 16.7. The van der Waals surface area contributed by atoms with Crippen LogP contribution in [0, 0.1) is 0 Å². The van der Waals surface area contributed by atoms with Crippen molar-refractivity contribution in [2.75, 3.05) is 12.4 Å². The molecule has 0 atom stereocenters. The Morgan fingerprint density at radius 3 is 2.50 bits per heavy atom. The van der Waals surface area contributed by atoms with E-state index in [1.807, 2.05) is 31.3 Å². The SMILES string of the molecule is CCCCCCCCC(=O)Nc1ccccc1CNC. The van der Waals surface area contributed by atoms with Crippen LogP contribution in [0.2, 0.25) is 0 Å². The number of hydrogen-bond acceptors (Lipinski definition) is 2. The quantitative estimate of drug-likeness (QED) is 0.632. The average molecular weight is 276 g/mol. The number of para-hydroxylation sites is 1. The van der Waals surface area contributed by atoms with Gasteiger partial charge < -0.3 is 10.6 Å². The van der Waals surface area contributed by atoms with Crippen LogP contribution < -0.4 is 10.6 Å². The highest BCUT2D eigenvalue weighted by molar-refractivity contribution is 5.91. The van der Waals surface area contributed by atoms with Crippen molar-refractivity contribution in [2.45, 2.75) is 58.4 Å². The second kappa shape index (κ2) is 10.4. The van der Waals surface area contributed by atoms with Crippen LogP contribution in [-0.4, -0.2) is 13.0 Å². The summed E-state index contributed by atoms with van der Waals surface area (Å²) in [6.07, 6.45) is 7.89. The first-order valence-corrected chi connectivity index (χ1v) is 7.80. The van der Waals surface area contributed by atoms with Gasteiger partial charge in [0.1, 0.15) is 0 Å². The first-order chi connectivity index (χ1) is 9.77. The number of anilines is 1. The van der Waals surface area contributed by atoms with Gasteiger partial charge in [0.2, 0.25) is 5.91 Å². The maximum Gasteiger partial charge on any atom is 0.224 e. The lowest BCUT2D eigenvalue weighted by molar-refractivity contribution is -0.116. The van der Waals surface area contributed by atoms with Crippen molar-refractivity contribution in [2.24, 2.45) is 0 Å². The number of benzene rings is 1. The number of unbranched alkanes of at least 4 members (excludes halogenated alkanes) is 5. The topological polar surface area (TPSA) is 41.1 Å². The molecule has 1 aromatic carbocycles. The molecule has 3 nitrogen and oxygen atoms in total. The summed E-state index contributed by atoms with van der Waals surface area (Å²) in [5.74, 6) is 0.129. The largest absolute Gasteiger partial charge is 0.326 e. The van der Waals surface area contributed by atoms with Crippen molar-refractivity contribution >= 4 is 11.6 Å². The smallest absolute Gasteiger partial charge is 0.224 e. The zero-order valence-electron chi connectivity index (χ0n) is 12.9. The summed E-state index contributed by atoms with van der Waals surface area (Å²) in [7, 11) is 1.91. The summed E-state index contributed by atoms with van der Waals surface area (Å²) in [6.45, 7) is 2.99. The monoisotopic (exact) mass is 276 g/mol. The van der Waals surface area contributed by atoms with E-state index in [0.29, 0.717) is 6.42 Å². The van der Waals surface area contributed by atoms with E-state index in [-0.39, 0.29) is 5.91 Å². The molecule has 0 fully saturated rings. The zero-order valence-corrected chi connectivity index (χ0v) is 12.9. The Kier molecular flexibility index (Phi) is 8.72. The predicted octanol–water partition coefficient (Wildman–Crippen LogP) is 4.10. The summed E-state index contributed by atoms with van der Waals surface area (Å²) in [5.41, 5.74) is 2.06. The minimum absolute atomic E-state index is 0.129. The van der Waals surface area contributed by atoms with E-state index in [0.717, 1.165) is 30.6 Å². The molecule has 3 heteroatoms. The van der Waals surface area contributed by atoms with Crippen molar-refractivity contribution in [3.8, 4) is 0 Å². The third-order valence-electron chi connectivity index (χ3n) is 3.42. The Morgan fingerprint density at radius 2 is 1.75 bits per heavy atom. The lowest BCUT2D eigenvalue weighted by Gasteiger charge is -2.10. The van der Waals surface area contributed by atoms with Crippen LogP contribution in [0.15, 0.2) is 24.3 Å². The fraction of sp³-hybridized carbons (Fsp3) is 0.588. The number of amides is 1. The van der Waals surface area contributed by atoms with E-state index in [1.165, 1.54) is 25.7 Å². The summed E-state index contributed by atoms with van der Waals surface area (Å²) in [6, 6.07) is 7.96. The van der Waals surface area contributed by atoms with Gasteiger partial charge in [0.25, 0.3) is 0 Å². The van der Waals surface area contributed by atoms with E-state index in [1.54, 1.807) is 0 Å². The molecule has 20 heavy (non-hydrogen) atoms. The molecular formula is C17H28N2O. The van der Waals surface area contributed by atoms with Gasteiger partial charge in [-0.3, -0.25) is 4.79 Å². The Morgan fingerprint density at radius 1 is 1.05 bits per heavy atom. The molecular weight excluding hydrogens is 248 g/mol. The van der Waals surface area contributed by atoms with Gasteiger partial charge >= 0.3 is 0 Å². The molecule has 0 aliphatic rings.